The molecule has 1 fully saturated rings. The molecule has 3 rings (SSSR count). The summed E-state index contributed by atoms with van der Waals surface area (Å²) in [4.78, 5) is 2.13. The van der Waals surface area contributed by atoms with Crippen LogP contribution in [0.5, 0.6) is 0 Å². The van der Waals surface area contributed by atoms with E-state index in [1.54, 1.807) is 0 Å². The summed E-state index contributed by atoms with van der Waals surface area (Å²) >= 11 is 0. The number of rotatable bonds is 4. The van der Waals surface area contributed by atoms with Gasteiger partial charge in [-0.15, -0.1) is 0 Å². The van der Waals surface area contributed by atoms with E-state index in [1.807, 2.05) is 0 Å². The first kappa shape index (κ1) is 11.6. The number of anilines is 2. The zero-order valence-corrected chi connectivity index (χ0v) is 11.3. The van der Waals surface area contributed by atoms with Gasteiger partial charge in [-0.05, 0) is 54.9 Å². The molecule has 2 bridgehead atoms. The third-order valence-corrected chi connectivity index (χ3v) is 4.37. The number of hydrogen-bond donors (Lipinski definition) is 1. The third kappa shape index (κ3) is 2.24. The highest BCUT2D eigenvalue weighted by molar-refractivity contribution is 5.54. The van der Waals surface area contributed by atoms with Crippen molar-refractivity contribution in [3.05, 3.63) is 36.4 Å². The van der Waals surface area contributed by atoms with Gasteiger partial charge in [-0.2, -0.15) is 0 Å². The molecule has 0 saturated heterocycles. The van der Waals surface area contributed by atoms with E-state index in [9.17, 15) is 0 Å². The summed E-state index contributed by atoms with van der Waals surface area (Å²) < 4.78 is 0. The van der Waals surface area contributed by atoms with Crippen LogP contribution in [0.15, 0.2) is 36.4 Å². The molecule has 0 aliphatic heterocycles. The summed E-state index contributed by atoms with van der Waals surface area (Å²) in [7, 11) is 4.15. The maximum atomic E-state index is 3.59. The fourth-order valence-corrected chi connectivity index (χ4v) is 3.26. The average molecular weight is 242 g/mol. The van der Waals surface area contributed by atoms with Gasteiger partial charge in [0.1, 0.15) is 0 Å². The molecular formula is C16H22N2. The zero-order valence-electron chi connectivity index (χ0n) is 11.3. The Morgan fingerprint density at radius 3 is 2.44 bits per heavy atom. The van der Waals surface area contributed by atoms with E-state index in [4.69, 9.17) is 0 Å². The maximum Gasteiger partial charge on any atom is 0.0362 e. The second kappa shape index (κ2) is 4.68. The van der Waals surface area contributed by atoms with Crippen molar-refractivity contribution in [1.29, 1.82) is 0 Å². The largest absolute Gasteiger partial charge is 0.385 e. The van der Waals surface area contributed by atoms with Gasteiger partial charge in [0.15, 0.2) is 0 Å². The Morgan fingerprint density at radius 2 is 1.89 bits per heavy atom. The van der Waals surface area contributed by atoms with Gasteiger partial charge in [0.2, 0.25) is 0 Å². The van der Waals surface area contributed by atoms with Gasteiger partial charge in [0.05, 0.1) is 0 Å². The lowest BCUT2D eigenvalue weighted by molar-refractivity contribution is 0.472. The first-order valence-electron chi connectivity index (χ1n) is 6.92. The average Bonchev–Trinajstić information content (AvgIpc) is 2.99. The minimum absolute atomic E-state index is 0.837. The molecule has 18 heavy (non-hydrogen) atoms. The molecule has 3 unspecified atom stereocenters. The van der Waals surface area contributed by atoms with Crippen molar-refractivity contribution in [2.75, 3.05) is 30.9 Å². The van der Waals surface area contributed by atoms with E-state index in [0.29, 0.717) is 0 Å². The second-order valence-corrected chi connectivity index (χ2v) is 5.86. The van der Waals surface area contributed by atoms with Crippen molar-refractivity contribution in [2.45, 2.75) is 12.8 Å². The van der Waals surface area contributed by atoms with Crippen molar-refractivity contribution in [3.8, 4) is 0 Å². The Morgan fingerprint density at radius 1 is 1.11 bits per heavy atom. The molecule has 2 nitrogen and oxygen atoms in total. The van der Waals surface area contributed by atoms with Crippen LogP contribution in [-0.2, 0) is 0 Å². The molecule has 2 heteroatoms. The molecule has 96 valence electrons. The molecule has 2 aliphatic carbocycles. The Bertz CT molecular complexity index is 433. The molecule has 1 aromatic carbocycles. The van der Waals surface area contributed by atoms with Crippen molar-refractivity contribution in [3.63, 3.8) is 0 Å². The third-order valence-electron chi connectivity index (χ3n) is 4.37. The highest BCUT2D eigenvalue weighted by atomic mass is 15.1. The fraction of sp³-hybridized carbons (Fsp3) is 0.500. The molecule has 1 N–H and O–H groups in total. The number of nitrogens with zero attached hydrogens (tertiary/aromatic N) is 1. The molecule has 3 atom stereocenters. The lowest BCUT2D eigenvalue weighted by Crippen LogP contribution is -2.18. The van der Waals surface area contributed by atoms with E-state index in [2.05, 4.69) is 60.7 Å². The van der Waals surface area contributed by atoms with Crippen LogP contribution < -0.4 is 10.2 Å². The number of benzene rings is 1. The summed E-state index contributed by atoms with van der Waals surface area (Å²) in [5.41, 5.74) is 2.50. The zero-order chi connectivity index (χ0) is 12.5. The van der Waals surface area contributed by atoms with Gasteiger partial charge in [0.25, 0.3) is 0 Å². The molecule has 0 amide bonds. The lowest BCUT2D eigenvalue weighted by atomic mass is 9.93. The van der Waals surface area contributed by atoms with Gasteiger partial charge in [0, 0.05) is 32.0 Å². The van der Waals surface area contributed by atoms with Crippen molar-refractivity contribution in [1.82, 2.24) is 0 Å². The Labute approximate surface area is 110 Å². The van der Waals surface area contributed by atoms with Gasteiger partial charge >= 0.3 is 0 Å². The SMILES string of the molecule is CN(C)c1ccc(NCC2CC3C=CC2C3)cc1. The monoisotopic (exact) mass is 242 g/mol. The minimum atomic E-state index is 0.837. The summed E-state index contributed by atoms with van der Waals surface area (Å²) in [6, 6.07) is 8.70. The van der Waals surface area contributed by atoms with Gasteiger partial charge < -0.3 is 10.2 Å². The smallest absolute Gasteiger partial charge is 0.0362 e. The molecule has 2 aliphatic rings. The summed E-state index contributed by atoms with van der Waals surface area (Å²) in [5.74, 6) is 2.55. The van der Waals surface area contributed by atoms with Crippen molar-refractivity contribution >= 4 is 11.4 Å². The first-order valence-corrected chi connectivity index (χ1v) is 6.92. The molecule has 0 aromatic heterocycles. The van der Waals surface area contributed by atoms with Gasteiger partial charge in [-0.25, -0.2) is 0 Å². The number of nitrogens with one attached hydrogen (secondary N) is 1. The number of fused-ring (bicyclic) bond motifs is 2. The highest BCUT2D eigenvalue weighted by Crippen LogP contribution is 2.43. The number of hydrogen-bond acceptors (Lipinski definition) is 2. The Hall–Kier alpha value is -1.44. The molecule has 1 aromatic rings. The van der Waals surface area contributed by atoms with Gasteiger partial charge in [-0.1, -0.05) is 12.2 Å². The van der Waals surface area contributed by atoms with Crippen LogP contribution in [0.1, 0.15) is 12.8 Å². The molecule has 0 heterocycles. The van der Waals surface area contributed by atoms with Crippen LogP contribution >= 0.6 is 0 Å². The predicted octanol–water partition coefficient (Wildman–Crippen LogP) is 3.38. The predicted molar refractivity (Wildman–Crippen MR) is 78.1 cm³/mol. The van der Waals surface area contributed by atoms with E-state index in [0.717, 1.165) is 24.3 Å². The highest BCUT2D eigenvalue weighted by Gasteiger charge is 2.35. The van der Waals surface area contributed by atoms with Crippen LogP contribution in [0, 0.1) is 17.8 Å². The van der Waals surface area contributed by atoms with Crippen LogP contribution in [0.2, 0.25) is 0 Å². The number of allylic oxidation sites excluding steroid dienone is 2. The van der Waals surface area contributed by atoms with Crippen LogP contribution in [0.25, 0.3) is 0 Å². The quantitative estimate of drug-likeness (QED) is 0.814. The summed E-state index contributed by atoms with van der Waals surface area (Å²) in [6.07, 6.45) is 7.61. The standard InChI is InChI=1S/C16H22N2/c1-18(2)16-7-5-15(6-8-16)17-11-14-10-12-3-4-13(14)9-12/h3-8,12-14,17H,9-11H2,1-2H3. The maximum absolute atomic E-state index is 3.59. The molecule has 0 spiro atoms. The van der Waals surface area contributed by atoms with E-state index in [-0.39, 0.29) is 0 Å². The van der Waals surface area contributed by atoms with E-state index >= 15 is 0 Å². The van der Waals surface area contributed by atoms with Crippen LogP contribution in [0.4, 0.5) is 11.4 Å². The van der Waals surface area contributed by atoms with Crippen molar-refractivity contribution < 1.29 is 0 Å². The molecule has 1 saturated carbocycles. The summed E-state index contributed by atoms with van der Waals surface area (Å²) in [6.45, 7) is 1.12. The van der Waals surface area contributed by atoms with E-state index in [1.165, 1.54) is 24.2 Å². The Kier molecular flexibility index (Phi) is 3.02. The lowest BCUT2D eigenvalue weighted by Gasteiger charge is -2.19. The normalized spacial score (nSPS) is 28.7. The van der Waals surface area contributed by atoms with Crippen molar-refractivity contribution in [2.24, 2.45) is 17.8 Å². The van der Waals surface area contributed by atoms with Crippen LogP contribution in [0.3, 0.4) is 0 Å². The van der Waals surface area contributed by atoms with Gasteiger partial charge in [-0.3, -0.25) is 0 Å². The summed E-state index contributed by atoms with van der Waals surface area (Å²) in [5, 5.41) is 3.59. The minimum Gasteiger partial charge on any atom is -0.385 e. The fourth-order valence-electron chi connectivity index (χ4n) is 3.26. The second-order valence-electron chi connectivity index (χ2n) is 5.86. The van der Waals surface area contributed by atoms with E-state index < -0.39 is 0 Å². The van der Waals surface area contributed by atoms with Crippen LogP contribution in [-0.4, -0.2) is 20.6 Å². The topological polar surface area (TPSA) is 15.3 Å². The Balaban J connectivity index is 1.55. The molecule has 0 radical (unpaired) electrons. The molecular weight excluding hydrogens is 220 g/mol. The first-order chi connectivity index (χ1) is 8.72.